The van der Waals surface area contributed by atoms with Gasteiger partial charge in [-0.05, 0) is 19.5 Å². The average Bonchev–Trinajstić information content (AvgIpc) is 1.90. The highest BCUT2D eigenvalue weighted by Gasteiger charge is 2.13. The second-order valence-corrected chi connectivity index (χ2v) is 5.38. The average molecular weight is 166 g/mol. The summed E-state index contributed by atoms with van der Waals surface area (Å²) in [6.45, 7) is 4.57. The van der Waals surface area contributed by atoms with Crippen LogP contribution in [0.2, 0.25) is 0 Å². The minimum Gasteiger partial charge on any atom is -0.270 e. The van der Waals surface area contributed by atoms with E-state index in [1.807, 2.05) is 0 Å². The summed E-state index contributed by atoms with van der Waals surface area (Å²) in [6.07, 6.45) is 4.09. The Labute approximate surface area is 63.0 Å². The van der Waals surface area contributed by atoms with Crippen LogP contribution in [0.4, 0.5) is 0 Å². The lowest BCUT2D eigenvalue weighted by molar-refractivity contribution is 0.374. The van der Waals surface area contributed by atoms with Crippen LogP contribution in [0, 0.1) is 0 Å². The fraction of sp³-hybridized carbons (Fsp3) is 1.00. The van der Waals surface area contributed by atoms with Crippen LogP contribution in [0.5, 0.6) is 0 Å². The fourth-order valence-electron chi connectivity index (χ4n) is 1.15. The molecule has 1 fully saturated rings. The lowest BCUT2D eigenvalue weighted by atomic mass is 10.2. The maximum atomic E-state index is 5.95. The summed E-state index contributed by atoms with van der Waals surface area (Å²) >= 11 is 5.95. The molecule has 1 nitrogen and oxygen atoms in total. The minimum absolute atomic E-state index is 0.313. The van der Waals surface area contributed by atoms with E-state index in [4.69, 9.17) is 11.2 Å². The Morgan fingerprint density at radius 2 is 1.78 bits per heavy atom. The maximum absolute atomic E-state index is 5.95. The van der Waals surface area contributed by atoms with Crippen molar-refractivity contribution >= 4 is 18.7 Å². The van der Waals surface area contributed by atoms with Crippen LogP contribution in [0.1, 0.15) is 19.3 Å². The fourth-order valence-corrected chi connectivity index (χ4v) is 2.44. The van der Waals surface area contributed by atoms with Crippen molar-refractivity contribution in [2.75, 3.05) is 19.8 Å². The molecule has 1 heterocycles. The van der Waals surface area contributed by atoms with Crippen molar-refractivity contribution in [2.45, 2.75) is 19.3 Å². The van der Waals surface area contributed by atoms with Crippen molar-refractivity contribution in [3.05, 3.63) is 0 Å². The predicted octanol–water partition coefficient (Wildman–Crippen LogP) is 2.65. The first-order valence-electron chi connectivity index (χ1n) is 3.45. The lowest BCUT2D eigenvalue weighted by Crippen LogP contribution is -2.22. The van der Waals surface area contributed by atoms with E-state index in [2.05, 4.69) is 11.3 Å². The summed E-state index contributed by atoms with van der Waals surface area (Å²) in [5.41, 5.74) is 0. The molecule has 1 aliphatic heterocycles. The van der Waals surface area contributed by atoms with Crippen molar-refractivity contribution < 1.29 is 0 Å². The molecule has 54 valence electrons. The van der Waals surface area contributed by atoms with Crippen molar-refractivity contribution in [2.24, 2.45) is 0 Å². The smallest absolute Gasteiger partial charge is 0.0593 e. The van der Waals surface area contributed by atoms with Gasteiger partial charge in [-0.2, -0.15) is 0 Å². The van der Waals surface area contributed by atoms with E-state index in [0.29, 0.717) is 0 Å². The standard InChI is InChI=1S/C6H13ClNP/c1-9(7)8-5-3-2-4-6-8/h2-6H2,1H3. The molecule has 1 saturated heterocycles. The van der Waals surface area contributed by atoms with Crippen molar-refractivity contribution in [1.29, 1.82) is 0 Å². The molecular formula is C6H13ClNP. The third-order valence-electron chi connectivity index (χ3n) is 1.72. The summed E-state index contributed by atoms with van der Waals surface area (Å²) in [6, 6.07) is 0. The number of hydrogen-bond donors (Lipinski definition) is 0. The van der Waals surface area contributed by atoms with Crippen molar-refractivity contribution in [3.63, 3.8) is 0 Å². The highest BCUT2D eigenvalue weighted by molar-refractivity contribution is 7.81. The molecule has 0 radical (unpaired) electrons. The third-order valence-corrected chi connectivity index (χ3v) is 3.54. The molecule has 3 heteroatoms. The molecule has 0 bridgehead atoms. The van der Waals surface area contributed by atoms with Gasteiger partial charge in [-0.15, -0.1) is 0 Å². The largest absolute Gasteiger partial charge is 0.270 e. The second kappa shape index (κ2) is 3.75. The Morgan fingerprint density at radius 3 is 2.11 bits per heavy atom. The van der Waals surface area contributed by atoms with Gasteiger partial charge < -0.3 is 0 Å². The highest BCUT2D eigenvalue weighted by Crippen LogP contribution is 2.42. The van der Waals surface area contributed by atoms with Gasteiger partial charge in [0.2, 0.25) is 0 Å². The Kier molecular flexibility index (Phi) is 3.25. The topological polar surface area (TPSA) is 3.24 Å². The molecule has 0 aromatic rings. The van der Waals surface area contributed by atoms with Crippen LogP contribution >= 0.6 is 18.7 Å². The van der Waals surface area contributed by atoms with Crippen LogP contribution < -0.4 is 0 Å². The zero-order valence-corrected chi connectivity index (χ0v) is 7.46. The van der Waals surface area contributed by atoms with Gasteiger partial charge in [0.25, 0.3) is 0 Å². The van der Waals surface area contributed by atoms with E-state index in [1.165, 1.54) is 32.4 Å². The SMILES string of the molecule is CP(Cl)N1CCCCC1. The normalized spacial score (nSPS) is 26.0. The molecule has 0 aromatic heterocycles. The molecule has 1 rings (SSSR count). The summed E-state index contributed by atoms with van der Waals surface area (Å²) in [7, 11) is -0.313. The molecule has 0 saturated carbocycles. The van der Waals surface area contributed by atoms with E-state index in [0.717, 1.165) is 0 Å². The molecule has 9 heavy (non-hydrogen) atoms. The zero-order chi connectivity index (χ0) is 6.69. The van der Waals surface area contributed by atoms with Gasteiger partial charge in [0.05, 0.1) is 7.43 Å². The molecule has 0 aliphatic carbocycles. The Hall–Kier alpha value is 0.680. The molecule has 1 unspecified atom stereocenters. The van der Waals surface area contributed by atoms with E-state index < -0.39 is 0 Å². The van der Waals surface area contributed by atoms with E-state index >= 15 is 0 Å². The van der Waals surface area contributed by atoms with E-state index in [-0.39, 0.29) is 7.43 Å². The molecule has 0 N–H and O–H groups in total. The van der Waals surface area contributed by atoms with Gasteiger partial charge in [-0.1, -0.05) is 17.7 Å². The zero-order valence-electron chi connectivity index (χ0n) is 5.81. The summed E-state index contributed by atoms with van der Waals surface area (Å²) in [4.78, 5) is 0. The van der Waals surface area contributed by atoms with Gasteiger partial charge in [-0.25, -0.2) is 0 Å². The van der Waals surface area contributed by atoms with Gasteiger partial charge >= 0.3 is 0 Å². The molecular weight excluding hydrogens is 152 g/mol. The van der Waals surface area contributed by atoms with Crippen molar-refractivity contribution in [3.8, 4) is 0 Å². The predicted molar refractivity (Wildman–Crippen MR) is 44.1 cm³/mol. The highest BCUT2D eigenvalue weighted by atomic mass is 35.7. The quantitative estimate of drug-likeness (QED) is 0.540. The van der Waals surface area contributed by atoms with Crippen molar-refractivity contribution in [1.82, 2.24) is 4.67 Å². The third kappa shape index (κ3) is 2.41. The number of piperidine rings is 1. The molecule has 1 atom stereocenters. The number of halogens is 1. The van der Waals surface area contributed by atoms with E-state index in [9.17, 15) is 0 Å². The van der Waals surface area contributed by atoms with Gasteiger partial charge in [0, 0.05) is 13.1 Å². The van der Waals surface area contributed by atoms with Crippen LogP contribution in [0.15, 0.2) is 0 Å². The first kappa shape index (κ1) is 7.78. The van der Waals surface area contributed by atoms with Crippen LogP contribution in [0.25, 0.3) is 0 Å². The summed E-state index contributed by atoms with van der Waals surface area (Å²) in [5.74, 6) is 0. The number of hydrogen-bond acceptors (Lipinski definition) is 1. The monoisotopic (exact) mass is 165 g/mol. The van der Waals surface area contributed by atoms with Crippen LogP contribution in [-0.4, -0.2) is 24.4 Å². The minimum atomic E-state index is -0.313. The maximum Gasteiger partial charge on any atom is 0.0593 e. The van der Waals surface area contributed by atoms with Crippen LogP contribution in [-0.2, 0) is 0 Å². The molecule has 0 amide bonds. The second-order valence-electron chi connectivity index (χ2n) is 2.46. The van der Waals surface area contributed by atoms with Gasteiger partial charge in [0.15, 0.2) is 0 Å². The summed E-state index contributed by atoms with van der Waals surface area (Å²) < 4.78 is 2.39. The Morgan fingerprint density at radius 1 is 1.22 bits per heavy atom. The van der Waals surface area contributed by atoms with E-state index in [1.54, 1.807) is 0 Å². The lowest BCUT2D eigenvalue weighted by Gasteiger charge is -2.27. The number of nitrogens with zero attached hydrogens (tertiary/aromatic N) is 1. The first-order valence-corrected chi connectivity index (χ1v) is 6.10. The van der Waals surface area contributed by atoms with Gasteiger partial charge in [0.1, 0.15) is 0 Å². The summed E-state index contributed by atoms with van der Waals surface area (Å²) in [5, 5.41) is 0. The molecule has 0 aromatic carbocycles. The molecule has 0 spiro atoms. The Balaban J connectivity index is 2.23. The molecule has 1 aliphatic rings. The Bertz CT molecular complexity index is 81.1. The van der Waals surface area contributed by atoms with Crippen LogP contribution in [0.3, 0.4) is 0 Å². The first-order chi connectivity index (χ1) is 4.30. The number of rotatable bonds is 1. The van der Waals surface area contributed by atoms with Gasteiger partial charge in [-0.3, -0.25) is 4.67 Å².